The minimum atomic E-state index is -0.491. The van der Waals surface area contributed by atoms with Crippen LogP contribution in [0.5, 0.6) is 0 Å². The van der Waals surface area contributed by atoms with E-state index in [2.05, 4.69) is 22.3 Å². The van der Waals surface area contributed by atoms with E-state index in [-0.39, 0.29) is 23.6 Å². The van der Waals surface area contributed by atoms with Crippen molar-refractivity contribution in [2.75, 3.05) is 30.5 Å². The molecule has 110 valence electrons. The molecule has 1 aliphatic rings. The Bertz CT molecular complexity index is 497. The average Bonchev–Trinajstić information content (AvgIpc) is 2.47. The molecule has 0 saturated carbocycles. The van der Waals surface area contributed by atoms with Crippen LogP contribution in [0.25, 0.3) is 0 Å². The van der Waals surface area contributed by atoms with Crippen LogP contribution in [0.3, 0.4) is 0 Å². The van der Waals surface area contributed by atoms with Gasteiger partial charge in [0.2, 0.25) is 11.8 Å². The fraction of sp³-hybridized carbons (Fsp3) is 0.636. The molecule has 0 aromatic carbocycles. The highest BCUT2D eigenvalue weighted by Gasteiger charge is 2.31. The van der Waals surface area contributed by atoms with Crippen LogP contribution >= 0.6 is 0 Å². The molecule has 0 radical (unpaired) electrons. The van der Waals surface area contributed by atoms with Crippen molar-refractivity contribution >= 4 is 17.5 Å². The first-order valence-corrected chi connectivity index (χ1v) is 6.32. The van der Waals surface area contributed by atoms with E-state index < -0.39 is 4.92 Å². The number of hydrogen-bond donors (Lipinski definition) is 2. The lowest BCUT2D eigenvalue weighted by Gasteiger charge is -2.36. The Morgan fingerprint density at radius 3 is 3.00 bits per heavy atom. The van der Waals surface area contributed by atoms with Crippen molar-refractivity contribution in [3.05, 3.63) is 16.3 Å². The number of nitro groups is 1. The second kappa shape index (κ2) is 5.97. The van der Waals surface area contributed by atoms with Crippen LogP contribution in [0.15, 0.2) is 6.20 Å². The second-order valence-electron chi connectivity index (χ2n) is 4.79. The topological polar surface area (TPSA) is 119 Å². The highest BCUT2D eigenvalue weighted by atomic mass is 16.6. The number of nitrogens with two attached hydrogens (primary N) is 1. The van der Waals surface area contributed by atoms with Crippen LogP contribution in [-0.4, -0.2) is 41.2 Å². The Labute approximate surface area is 116 Å². The normalized spacial score (nSPS) is 22.6. The number of aromatic nitrogens is 2. The van der Waals surface area contributed by atoms with Gasteiger partial charge in [-0.05, 0) is 12.3 Å². The number of nitrogens with zero attached hydrogens (tertiary/aromatic N) is 4. The van der Waals surface area contributed by atoms with Gasteiger partial charge in [-0.2, -0.15) is 4.98 Å². The molecule has 20 heavy (non-hydrogen) atoms. The van der Waals surface area contributed by atoms with Crippen LogP contribution in [0.4, 0.5) is 17.5 Å². The summed E-state index contributed by atoms with van der Waals surface area (Å²) in [7, 11) is 1.64. The van der Waals surface area contributed by atoms with Gasteiger partial charge in [-0.3, -0.25) is 15.5 Å². The third kappa shape index (κ3) is 2.78. The van der Waals surface area contributed by atoms with Gasteiger partial charge in [-0.1, -0.05) is 6.92 Å². The predicted molar refractivity (Wildman–Crippen MR) is 73.3 cm³/mol. The molecular weight excluding hydrogens is 264 g/mol. The molecule has 9 nitrogen and oxygen atoms in total. The molecule has 1 aromatic heterocycles. The fourth-order valence-electron chi connectivity index (χ4n) is 2.33. The zero-order valence-corrected chi connectivity index (χ0v) is 11.4. The summed E-state index contributed by atoms with van der Waals surface area (Å²) in [5, 5.41) is 11.1. The van der Waals surface area contributed by atoms with Crippen LogP contribution < -0.4 is 16.2 Å². The lowest BCUT2D eigenvalue weighted by atomic mass is 9.96. The van der Waals surface area contributed by atoms with Crippen LogP contribution in [0, 0.1) is 16.0 Å². The number of nitrogen functional groups attached to an aromatic ring is 1. The van der Waals surface area contributed by atoms with E-state index in [1.54, 1.807) is 7.11 Å². The number of piperidine rings is 1. The summed E-state index contributed by atoms with van der Waals surface area (Å²) in [5.74, 6) is 6.09. The maximum atomic E-state index is 11.1. The quantitative estimate of drug-likeness (QED) is 0.466. The van der Waals surface area contributed by atoms with Crippen LogP contribution in [-0.2, 0) is 4.74 Å². The lowest BCUT2D eigenvalue weighted by molar-refractivity contribution is -0.384. The molecule has 0 spiro atoms. The van der Waals surface area contributed by atoms with Gasteiger partial charge in [0.1, 0.15) is 6.20 Å². The minimum absolute atomic E-state index is 0.0209. The van der Waals surface area contributed by atoms with Gasteiger partial charge in [-0.15, -0.1) is 0 Å². The maximum Gasteiger partial charge on any atom is 0.329 e. The molecule has 1 aromatic rings. The van der Waals surface area contributed by atoms with Gasteiger partial charge in [0.25, 0.3) is 0 Å². The van der Waals surface area contributed by atoms with Crippen molar-refractivity contribution in [3.63, 3.8) is 0 Å². The van der Waals surface area contributed by atoms with Gasteiger partial charge in [0.15, 0.2) is 0 Å². The lowest BCUT2D eigenvalue weighted by Crippen LogP contribution is -2.44. The van der Waals surface area contributed by atoms with Gasteiger partial charge in [0.05, 0.1) is 11.0 Å². The summed E-state index contributed by atoms with van der Waals surface area (Å²) < 4.78 is 5.42. The van der Waals surface area contributed by atoms with Crippen LogP contribution in [0.2, 0.25) is 0 Å². The van der Waals surface area contributed by atoms with Crippen molar-refractivity contribution in [2.45, 2.75) is 19.4 Å². The molecule has 2 unspecified atom stereocenters. The Morgan fingerprint density at radius 1 is 1.65 bits per heavy atom. The number of methoxy groups -OCH3 is 1. The Morgan fingerprint density at radius 2 is 2.40 bits per heavy atom. The molecule has 3 N–H and O–H groups in total. The maximum absolute atomic E-state index is 11.1. The molecule has 1 saturated heterocycles. The van der Waals surface area contributed by atoms with Crippen molar-refractivity contribution in [3.8, 4) is 0 Å². The predicted octanol–water partition coefficient (Wildman–Crippen LogP) is 0.532. The number of hydrazine groups is 1. The summed E-state index contributed by atoms with van der Waals surface area (Å²) in [6, 6.07) is 0. The van der Waals surface area contributed by atoms with Gasteiger partial charge >= 0.3 is 5.69 Å². The Hall–Kier alpha value is -2.00. The molecule has 0 amide bonds. The van der Waals surface area contributed by atoms with E-state index in [0.29, 0.717) is 19.0 Å². The minimum Gasteiger partial charge on any atom is -0.379 e. The van der Waals surface area contributed by atoms with E-state index in [1.807, 2.05) is 4.90 Å². The summed E-state index contributed by atoms with van der Waals surface area (Å²) in [6.07, 6.45) is 2.06. The van der Waals surface area contributed by atoms with E-state index in [1.165, 1.54) is 0 Å². The number of ether oxygens (including phenoxy) is 1. The van der Waals surface area contributed by atoms with E-state index in [4.69, 9.17) is 10.6 Å². The van der Waals surface area contributed by atoms with Crippen molar-refractivity contribution in [1.29, 1.82) is 0 Å². The molecule has 1 fully saturated rings. The first kappa shape index (κ1) is 14.4. The molecule has 2 heterocycles. The van der Waals surface area contributed by atoms with Crippen molar-refractivity contribution in [2.24, 2.45) is 11.8 Å². The highest BCUT2D eigenvalue weighted by Crippen LogP contribution is 2.30. The SMILES string of the molecule is COC1CN(c2nc(NN)ncc2[N+](=O)[O-])CCC1C. The first-order valence-electron chi connectivity index (χ1n) is 6.32. The number of anilines is 2. The van der Waals surface area contributed by atoms with E-state index in [9.17, 15) is 10.1 Å². The van der Waals surface area contributed by atoms with Crippen LogP contribution in [0.1, 0.15) is 13.3 Å². The monoisotopic (exact) mass is 282 g/mol. The summed E-state index contributed by atoms with van der Waals surface area (Å²) in [4.78, 5) is 20.3. The summed E-state index contributed by atoms with van der Waals surface area (Å²) >= 11 is 0. The highest BCUT2D eigenvalue weighted by molar-refractivity contribution is 5.59. The number of hydrogen-bond acceptors (Lipinski definition) is 8. The first-order chi connectivity index (χ1) is 9.56. The molecular formula is C11H18N6O3. The van der Waals surface area contributed by atoms with Crippen molar-refractivity contribution in [1.82, 2.24) is 9.97 Å². The van der Waals surface area contributed by atoms with Crippen molar-refractivity contribution < 1.29 is 9.66 Å². The zero-order chi connectivity index (χ0) is 14.7. The molecule has 0 bridgehead atoms. The third-order valence-corrected chi connectivity index (χ3v) is 3.57. The molecule has 2 rings (SSSR count). The molecule has 0 aliphatic carbocycles. The summed E-state index contributed by atoms with van der Waals surface area (Å²) in [5.41, 5.74) is 2.17. The molecule has 9 heteroatoms. The second-order valence-corrected chi connectivity index (χ2v) is 4.79. The van der Waals surface area contributed by atoms with E-state index >= 15 is 0 Å². The molecule has 2 atom stereocenters. The van der Waals surface area contributed by atoms with Gasteiger partial charge < -0.3 is 9.64 Å². The Kier molecular flexibility index (Phi) is 4.30. The van der Waals surface area contributed by atoms with Gasteiger partial charge in [0, 0.05) is 20.2 Å². The zero-order valence-electron chi connectivity index (χ0n) is 11.4. The van der Waals surface area contributed by atoms with E-state index in [0.717, 1.165) is 12.6 Å². The largest absolute Gasteiger partial charge is 0.379 e. The number of nitrogens with one attached hydrogen (secondary N) is 1. The Balaban J connectivity index is 2.32. The third-order valence-electron chi connectivity index (χ3n) is 3.57. The summed E-state index contributed by atoms with van der Waals surface area (Å²) in [6.45, 7) is 3.34. The smallest absolute Gasteiger partial charge is 0.329 e. The fourth-order valence-corrected chi connectivity index (χ4v) is 2.33. The standard InChI is InChI=1S/C11H18N6O3/c1-7-3-4-16(6-9(7)20-2)10-8(17(18)19)5-13-11(14-10)15-12/h5,7,9H,3-4,6,12H2,1-2H3,(H,13,14,15). The van der Waals surface area contributed by atoms with Gasteiger partial charge in [-0.25, -0.2) is 10.8 Å². The molecule has 1 aliphatic heterocycles. The number of rotatable bonds is 4. The average molecular weight is 282 g/mol.